The maximum absolute atomic E-state index is 11.9. The van der Waals surface area contributed by atoms with Crippen LogP contribution in [0.15, 0.2) is 0 Å². The van der Waals surface area contributed by atoms with Crippen molar-refractivity contribution in [2.75, 3.05) is 13.2 Å². The summed E-state index contributed by atoms with van der Waals surface area (Å²) in [5, 5.41) is 15.9. The van der Waals surface area contributed by atoms with Crippen molar-refractivity contribution in [3.05, 3.63) is 0 Å². The minimum Gasteiger partial charge on any atom is -0.394 e. The number of carbonyl (C=O) groups excluding carboxylic acids is 1. The molecule has 2 aliphatic carbocycles. The van der Waals surface area contributed by atoms with Crippen LogP contribution in [0.3, 0.4) is 0 Å². The topological polar surface area (TPSA) is 61.4 Å². The molecule has 2 saturated carbocycles. The first-order valence-electron chi connectivity index (χ1n) is 7.39. The van der Waals surface area contributed by atoms with Crippen molar-refractivity contribution in [1.82, 2.24) is 10.6 Å². The predicted octanol–water partition coefficient (Wildman–Crippen LogP) is 1.33. The molecule has 0 heterocycles. The van der Waals surface area contributed by atoms with Gasteiger partial charge in [-0.25, -0.2) is 0 Å². The number of carbonyl (C=O) groups is 1. The van der Waals surface area contributed by atoms with E-state index < -0.39 is 0 Å². The average molecular weight is 254 g/mol. The van der Waals surface area contributed by atoms with Crippen molar-refractivity contribution < 1.29 is 9.90 Å². The van der Waals surface area contributed by atoms with Crippen LogP contribution < -0.4 is 10.6 Å². The number of aliphatic hydroxyl groups excluding tert-OH is 1. The summed E-state index contributed by atoms with van der Waals surface area (Å²) < 4.78 is 0. The first-order valence-corrected chi connectivity index (χ1v) is 7.39. The van der Waals surface area contributed by atoms with E-state index in [4.69, 9.17) is 0 Å². The highest BCUT2D eigenvalue weighted by Gasteiger charge is 2.32. The third-order valence-corrected chi connectivity index (χ3v) is 4.42. The molecule has 0 saturated heterocycles. The van der Waals surface area contributed by atoms with Gasteiger partial charge >= 0.3 is 0 Å². The van der Waals surface area contributed by atoms with E-state index in [0.29, 0.717) is 12.6 Å². The molecule has 104 valence electrons. The lowest BCUT2D eigenvalue weighted by Crippen LogP contribution is -2.54. The molecule has 0 aliphatic heterocycles. The third-order valence-electron chi connectivity index (χ3n) is 4.42. The van der Waals surface area contributed by atoms with Crippen LogP contribution in [-0.4, -0.2) is 35.7 Å². The Kier molecular flexibility index (Phi) is 5.01. The van der Waals surface area contributed by atoms with Gasteiger partial charge in [-0.15, -0.1) is 0 Å². The summed E-state index contributed by atoms with van der Waals surface area (Å²) in [6.45, 7) is 0.467. The summed E-state index contributed by atoms with van der Waals surface area (Å²) in [7, 11) is 0. The van der Waals surface area contributed by atoms with E-state index >= 15 is 0 Å². The van der Waals surface area contributed by atoms with Gasteiger partial charge in [-0.05, 0) is 25.7 Å². The molecule has 4 heteroatoms. The number of aliphatic hydroxyl groups is 1. The maximum atomic E-state index is 11.9. The maximum Gasteiger partial charge on any atom is 0.234 e. The van der Waals surface area contributed by atoms with E-state index in [1.54, 1.807) is 0 Å². The van der Waals surface area contributed by atoms with Crippen molar-refractivity contribution in [2.45, 2.75) is 69.4 Å². The van der Waals surface area contributed by atoms with Gasteiger partial charge in [-0.2, -0.15) is 0 Å². The second kappa shape index (κ2) is 6.53. The molecule has 0 spiro atoms. The lowest BCUT2D eigenvalue weighted by atomic mass is 9.82. The summed E-state index contributed by atoms with van der Waals surface area (Å²) in [6.07, 6.45) is 10.2. The van der Waals surface area contributed by atoms with E-state index in [-0.39, 0.29) is 18.1 Å². The van der Waals surface area contributed by atoms with Crippen LogP contribution >= 0.6 is 0 Å². The normalized spacial score (nSPS) is 24.1. The Hall–Kier alpha value is -0.610. The Bertz CT molecular complexity index is 269. The fourth-order valence-electron chi connectivity index (χ4n) is 3.26. The van der Waals surface area contributed by atoms with Crippen molar-refractivity contribution in [2.24, 2.45) is 0 Å². The Balaban J connectivity index is 1.74. The van der Waals surface area contributed by atoms with E-state index in [2.05, 4.69) is 10.6 Å². The Morgan fingerprint density at radius 2 is 1.78 bits per heavy atom. The van der Waals surface area contributed by atoms with Gasteiger partial charge in [0.1, 0.15) is 0 Å². The van der Waals surface area contributed by atoms with Crippen molar-refractivity contribution in [1.29, 1.82) is 0 Å². The largest absolute Gasteiger partial charge is 0.394 e. The van der Waals surface area contributed by atoms with Gasteiger partial charge in [0.15, 0.2) is 0 Å². The van der Waals surface area contributed by atoms with Crippen LogP contribution in [0.5, 0.6) is 0 Å². The summed E-state index contributed by atoms with van der Waals surface area (Å²) in [5.41, 5.74) is -0.341. The highest BCUT2D eigenvalue weighted by Crippen LogP contribution is 2.27. The number of hydrogen-bond donors (Lipinski definition) is 3. The fourth-order valence-corrected chi connectivity index (χ4v) is 3.26. The second-order valence-electron chi connectivity index (χ2n) is 5.91. The molecule has 3 N–H and O–H groups in total. The molecule has 18 heavy (non-hydrogen) atoms. The number of nitrogens with one attached hydrogen (secondary N) is 2. The third kappa shape index (κ3) is 3.69. The lowest BCUT2D eigenvalue weighted by Gasteiger charge is -2.36. The molecule has 2 fully saturated rings. The van der Waals surface area contributed by atoms with Crippen molar-refractivity contribution in [3.8, 4) is 0 Å². The summed E-state index contributed by atoms with van der Waals surface area (Å²) in [5.74, 6) is 0.0397. The van der Waals surface area contributed by atoms with Crippen molar-refractivity contribution >= 4 is 5.91 Å². The SMILES string of the molecule is O=C(CNC1CCCC1)NC1(CO)CCCCC1. The zero-order valence-corrected chi connectivity index (χ0v) is 11.2. The van der Waals surface area contributed by atoms with E-state index in [9.17, 15) is 9.90 Å². The molecule has 0 aromatic heterocycles. The van der Waals surface area contributed by atoms with Gasteiger partial charge < -0.3 is 15.7 Å². The van der Waals surface area contributed by atoms with Gasteiger partial charge in [0.05, 0.1) is 18.7 Å². The minimum atomic E-state index is -0.341. The summed E-state index contributed by atoms with van der Waals surface area (Å²) >= 11 is 0. The first-order chi connectivity index (χ1) is 8.74. The molecule has 1 amide bonds. The standard InChI is InChI=1S/C14H26N2O2/c17-11-14(8-4-1-5-9-14)16-13(18)10-15-12-6-2-3-7-12/h12,15,17H,1-11H2,(H,16,18). The minimum absolute atomic E-state index is 0.0397. The molecule has 4 nitrogen and oxygen atoms in total. The predicted molar refractivity (Wildman–Crippen MR) is 71.3 cm³/mol. The zero-order chi connectivity index (χ0) is 12.8. The molecule has 0 bridgehead atoms. The number of amides is 1. The molecule has 2 rings (SSSR count). The zero-order valence-electron chi connectivity index (χ0n) is 11.2. The van der Waals surface area contributed by atoms with E-state index in [0.717, 1.165) is 25.7 Å². The Morgan fingerprint density at radius 1 is 1.11 bits per heavy atom. The first kappa shape index (κ1) is 13.8. The molecular formula is C14H26N2O2. The average Bonchev–Trinajstić information content (AvgIpc) is 2.91. The van der Waals surface area contributed by atoms with Gasteiger partial charge in [-0.1, -0.05) is 32.1 Å². The van der Waals surface area contributed by atoms with Crippen LogP contribution in [0.25, 0.3) is 0 Å². The molecular weight excluding hydrogens is 228 g/mol. The van der Waals surface area contributed by atoms with Gasteiger partial charge in [0.25, 0.3) is 0 Å². The van der Waals surface area contributed by atoms with Crippen LogP contribution in [0, 0.1) is 0 Å². The second-order valence-corrected chi connectivity index (χ2v) is 5.91. The molecule has 0 aromatic rings. The molecule has 0 aromatic carbocycles. The van der Waals surface area contributed by atoms with Crippen LogP contribution in [0.4, 0.5) is 0 Å². The Morgan fingerprint density at radius 3 is 2.39 bits per heavy atom. The Labute approximate surface area is 110 Å². The summed E-state index contributed by atoms with van der Waals surface area (Å²) in [6, 6.07) is 0.521. The van der Waals surface area contributed by atoms with E-state index in [1.807, 2.05) is 0 Å². The quantitative estimate of drug-likeness (QED) is 0.693. The highest BCUT2D eigenvalue weighted by atomic mass is 16.3. The van der Waals surface area contributed by atoms with Crippen molar-refractivity contribution in [3.63, 3.8) is 0 Å². The molecule has 0 radical (unpaired) electrons. The lowest BCUT2D eigenvalue weighted by molar-refractivity contribution is -0.123. The van der Waals surface area contributed by atoms with Crippen LogP contribution in [-0.2, 0) is 4.79 Å². The van der Waals surface area contributed by atoms with Crippen LogP contribution in [0.2, 0.25) is 0 Å². The molecule has 0 unspecified atom stereocenters. The van der Waals surface area contributed by atoms with Gasteiger partial charge in [-0.3, -0.25) is 4.79 Å². The van der Waals surface area contributed by atoms with Gasteiger partial charge in [0.2, 0.25) is 5.91 Å². The van der Waals surface area contributed by atoms with E-state index in [1.165, 1.54) is 32.1 Å². The summed E-state index contributed by atoms with van der Waals surface area (Å²) in [4.78, 5) is 11.9. The smallest absolute Gasteiger partial charge is 0.234 e. The fraction of sp³-hybridized carbons (Fsp3) is 0.929. The molecule has 2 aliphatic rings. The monoisotopic (exact) mass is 254 g/mol. The molecule has 0 atom stereocenters. The van der Waals surface area contributed by atoms with Gasteiger partial charge in [0, 0.05) is 6.04 Å². The number of rotatable bonds is 5. The van der Waals surface area contributed by atoms with Crippen LogP contribution in [0.1, 0.15) is 57.8 Å². The highest BCUT2D eigenvalue weighted by molar-refractivity contribution is 5.79. The number of hydrogen-bond acceptors (Lipinski definition) is 3.